The zero-order valence-corrected chi connectivity index (χ0v) is 11.3. The Balaban J connectivity index is 1.98. The third-order valence-corrected chi connectivity index (χ3v) is 2.76. The van der Waals surface area contributed by atoms with Crippen molar-refractivity contribution >= 4 is 0 Å². The lowest BCUT2D eigenvalue weighted by Crippen LogP contribution is -2.23. The smallest absolute Gasteiger partial charge is 0.370 e. The van der Waals surface area contributed by atoms with Crippen molar-refractivity contribution < 1.29 is 26.8 Å². The van der Waals surface area contributed by atoms with Gasteiger partial charge in [-0.25, -0.2) is 9.18 Å². The Labute approximate surface area is 122 Å². The van der Waals surface area contributed by atoms with Gasteiger partial charge in [0, 0.05) is 6.42 Å². The standard InChI is InChI=1S/C13H12F4N2O3/c14-10-3-1-9(2-4-10)7-11-18-22-12(20)19(11)5-6-21-8-13(15,16)17/h1-4H,5-8H2. The first-order chi connectivity index (χ1) is 10.3. The number of benzene rings is 1. The molecule has 5 nitrogen and oxygen atoms in total. The lowest BCUT2D eigenvalue weighted by atomic mass is 10.1. The molecule has 1 aromatic carbocycles. The third kappa shape index (κ3) is 4.69. The van der Waals surface area contributed by atoms with Crippen molar-refractivity contribution in [3.63, 3.8) is 0 Å². The quantitative estimate of drug-likeness (QED) is 0.604. The van der Waals surface area contributed by atoms with Gasteiger partial charge < -0.3 is 4.74 Å². The molecule has 0 saturated heterocycles. The maximum atomic E-state index is 12.8. The van der Waals surface area contributed by atoms with Crippen molar-refractivity contribution in [2.45, 2.75) is 19.1 Å². The minimum atomic E-state index is -4.42. The molecule has 120 valence electrons. The molecule has 0 radical (unpaired) electrons. The van der Waals surface area contributed by atoms with Crippen molar-refractivity contribution in [3.8, 4) is 0 Å². The zero-order valence-electron chi connectivity index (χ0n) is 11.3. The van der Waals surface area contributed by atoms with Crippen molar-refractivity contribution in [2.75, 3.05) is 13.2 Å². The van der Waals surface area contributed by atoms with Gasteiger partial charge in [-0.15, -0.1) is 0 Å². The Morgan fingerprint density at radius 1 is 1.23 bits per heavy atom. The first-order valence-electron chi connectivity index (χ1n) is 6.29. The highest BCUT2D eigenvalue weighted by molar-refractivity contribution is 5.19. The summed E-state index contributed by atoms with van der Waals surface area (Å²) in [6.45, 7) is -1.81. The molecule has 2 aromatic rings. The topological polar surface area (TPSA) is 57.3 Å². The molecule has 0 aliphatic heterocycles. The highest BCUT2D eigenvalue weighted by Crippen LogP contribution is 2.14. The van der Waals surface area contributed by atoms with Gasteiger partial charge in [-0.1, -0.05) is 17.3 Å². The highest BCUT2D eigenvalue weighted by atomic mass is 19.4. The number of ether oxygens (including phenoxy) is 1. The third-order valence-electron chi connectivity index (χ3n) is 2.76. The van der Waals surface area contributed by atoms with E-state index >= 15 is 0 Å². The summed E-state index contributed by atoms with van der Waals surface area (Å²) in [5.41, 5.74) is 0.680. The Bertz CT molecular complexity index is 661. The average Bonchev–Trinajstić information content (AvgIpc) is 2.77. The fourth-order valence-electron chi connectivity index (χ4n) is 1.77. The fraction of sp³-hybridized carbons (Fsp3) is 0.385. The van der Waals surface area contributed by atoms with Crippen LogP contribution in [0.3, 0.4) is 0 Å². The summed E-state index contributed by atoms with van der Waals surface area (Å²) in [7, 11) is 0. The minimum Gasteiger partial charge on any atom is -0.370 e. The number of nitrogens with zero attached hydrogens (tertiary/aromatic N) is 2. The molecular formula is C13H12F4N2O3. The second-order valence-electron chi connectivity index (χ2n) is 4.49. The average molecular weight is 320 g/mol. The van der Waals surface area contributed by atoms with E-state index in [1.807, 2.05) is 0 Å². The van der Waals surface area contributed by atoms with Crippen LogP contribution < -0.4 is 5.76 Å². The molecule has 9 heteroatoms. The Hall–Kier alpha value is -2.16. The van der Waals surface area contributed by atoms with E-state index in [0.717, 1.165) is 4.57 Å². The van der Waals surface area contributed by atoms with Gasteiger partial charge in [0.05, 0.1) is 13.2 Å². The van der Waals surface area contributed by atoms with Crippen LogP contribution >= 0.6 is 0 Å². The van der Waals surface area contributed by atoms with Gasteiger partial charge >= 0.3 is 11.9 Å². The molecule has 0 amide bonds. The summed E-state index contributed by atoms with van der Waals surface area (Å²) in [4.78, 5) is 11.5. The normalized spacial score (nSPS) is 11.8. The molecule has 1 heterocycles. The molecule has 1 aromatic heterocycles. The van der Waals surface area contributed by atoms with Gasteiger partial charge in [-0.05, 0) is 17.7 Å². The van der Waals surface area contributed by atoms with E-state index in [0.29, 0.717) is 5.56 Å². The van der Waals surface area contributed by atoms with Crippen molar-refractivity contribution in [2.24, 2.45) is 0 Å². The first kappa shape index (κ1) is 16.2. The van der Waals surface area contributed by atoms with E-state index in [1.165, 1.54) is 24.3 Å². The number of alkyl halides is 3. The van der Waals surface area contributed by atoms with Crippen LogP contribution in [0, 0.1) is 5.82 Å². The van der Waals surface area contributed by atoms with Crippen LogP contribution in [-0.2, 0) is 17.7 Å². The number of rotatable bonds is 6. The summed E-state index contributed by atoms with van der Waals surface area (Å²) in [5.74, 6) is -0.957. The van der Waals surface area contributed by atoms with Crippen LogP contribution in [0.25, 0.3) is 0 Å². The SMILES string of the molecule is O=c1onc(Cc2ccc(F)cc2)n1CCOCC(F)(F)F. The number of halogens is 4. The summed E-state index contributed by atoms with van der Waals surface area (Å²) >= 11 is 0. The second kappa shape index (κ2) is 6.73. The van der Waals surface area contributed by atoms with Gasteiger partial charge in [-0.3, -0.25) is 9.09 Å². The molecule has 0 aliphatic carbocycles. The molecule has 22 heavy (non-hydrogen) atoms. The Morgan fingerprint density at radius 2 is 1.91 bits per heavy atom. The second-order valence-corrected chi connectivity index (χ2v) is 4.49. The van der Waals surface area contributed by atoms with E-state index in [-0.39, 0.29) is 25.4 Å². The Kier molecular flexibility index (Phi) is 4.96. The summed E-state index contributed by atoms with van der Waals surface area (Å²) in [6, 6.07) is 5.53. The van der Waals surface area contributed by atoms with Crippen LogP contribution in [0.2, 0.25) is 0 Å². The van der Waals surface area contributed by atoms with Crippen molar-refractivity contribution in [1.29, 1.82) is 0 Å². The van der Waals surface area contributed by atoms with Crippen LogP contribution in [0.4, 0.5) is 17.6 Å². The monoisotopic (exact) mass is 320 g/mol. The van der Waals surface area contributed by atoms with E-state index in [4.69, 9.17) is 0 Å². The molecule has 0 atom stereocenters. The van der Waals surface area contributed by atoms with E-state index in [9.17, 15) is 22.4 Å². The summed E-state index contributed by atoms with van der Waals surface area (Å²) in [5, 5.41) is 3.56. The van der Waals surface area contributed by atoms with Crippen LogP contribution in [0.1, 0.15) is 11.4 Å². The van der Waals surface area contributed by atoms with Crippen LogP contribution in [-0.4, -0.2) is 29.1 Å². The first-order valence-corrected chi connectivity index (χ1v) is 6.29. The number of hydrogen-bond acceptors (Lipinski definition) is 4. The summed E-state index contributed by atoms with van der Waals surface area (Å²) < 4.78 is 58.7. The maximum absolute atomic E-state index is 12.8. The molecule has 0 bridgehead atoms. The van der Waals surface area contributed by atoms with Crippen molar-refractivity contribution in [1.82, 2.24) is 9.72 Å². The van der Waals surface area contributed by atoms with E-state index in [1.54, 1.807) is 0 Å². The lowest BCUT2D eigenvalue weighted by molar-refractivity contribution is -0.174. The van der Waals surface area contributed by atoms with Gasteiger partial charge in [0.2, 0.25) is 0 Å². The predicted octanol–water partition coefficient (Wildman–Crippen LogP) is 2.15. The molecule has 0 N–H and O–H groups in total. The number of aromatic nitrogens is 2. The molecule has 0 spiro atoms. The lowest BCUT2D eigenvalue weighted by Gasteiger charge is -2.08. The fourth-order valence-corrected chi connectivity index (χ4v) is 1.77. The van der Waals surface area contributed by atoms with Gasteiger partial charge in [0.25, 0.3) is 0 Å². The molecule has 0 unspecified atom stereocenters. The molecular weight excluding hydrogens is 308 g/mol. The zero-order chi connectivity index (χ0) is 16.2. The minimum absolute atomic E-state index is 0.116. The van der Waals surface area contributed by atoms with Crippen LogP contribution in [0.5, 0.6) is 0 Å². The van der Waals surface area contributed by atoms with Gasteiger partial charge in [-0.2, -0.15) is 13.2 Å². The number of hydrogen-bond donors (Lipinski definition) is 0. The molecule has 0 fully saturated rings. The molecule has 0 aliphatic rings. The maximum Gasteiger partial charge on any atom is 0.441 e. The van der Waals surface area contributed by atoms with Crippen molar-refractivity contribution in [3.05, 3.63) is 52.0 Å². The molecule has 0 saturated carbocycles. The van der Waals surface area contributed by atoms with Gasteiger partial charge in [0.1, 0.15) is 12.4 Å². The van der Waals surface area contributed by atoms with Gasteiger partial charge in [0.15, 0.2) is 5.82 Å². The van der Waals surface area contributed by atoms with Crippen LogP contribution in [0.15, 0.2) is 33.6 Å². The van der Waals surface area contributed by atoms with E-state index in [2.05, 4.69) is 14.4 Å². The predicted molar refractivity (Wildman–Crippen MR) is 66.8 cm³/mol. The van der Waals surface area contributed by atoms with E-state index < -0.39 is 24.4 Å². The highest BCUT2D eigenvalue weighted by Gasteiger charge is 2.27. The Morgan fingerprint density at radius 3 is 2.55 bits per heavy atom. The molecule has 2 rings (SSSR count). The largest absolute Gasteiger partial charge is 0.441 e. The summed E-state index contributed by atoms with van der Waals surface area (Å²) in [6.07, 6.45) is -4.23.